The first kappa shape index (κ1) is 17.6. The van der Waals surface area contributed by atoms with E-state index in [0.717, 1.165) is 11.3 Å². The van der Waals surface area contributed by atoms with E-state index in [-0.39, 0.29) is 11.3 Å². The van der Waals surface area contributed by atoms with Crippen LogP contribution in [0.3, 0.4) is 0 Å². The Morgan fingerprint density at radius 3 is 2.54 bits per heavy atom. The van der Waals surface area contributed by atoms with Crippen LogP contribution in [0.1, 0.15) is 10.4 Å². The Morgan fingerprint density at radius 1 is 1.12 bits per heavy atom. The van der Waals surface area contributed by atoms with Crippen LogP contribution in [0.4, 0.5) is 10.8 Å². The number of aromatic carboxylic acids is 1. The van der Waals surface area contributed by atoms with Crippen LogP contribution < -0.4 is 14.8 Å². The number of carbonyl (C=O) groups is 1. The van der Waals surface area contributed by atoms with Crippen molar-refractivity contribution < 1.29 is 24.5 Å². The molecule has 0 saturated heterocycles. The summed E-state index contributed by atoms with van der Waals surface area (Å²) in [6.07, 6.45) is 0. The van der Waals surface area contributed by atoms with Gasteiger partial charge in [0, 0.05) is 22.7 Å². The van der Waals surface area contributed by atoms with Gasteiger partial charge >= 0.3 is 5.97 Å². The molecule has 0 aliphatic carbocycles. The summed E-state index contributed by atoms with van der Waals surface area (Å²) in [5, 5.41) is 24.3. The minimum Gasteiger partial charge on any atom is -0.507 e. The number of rotatable bonds is 6. The fourth-order valence-corrected chi connectivity index (χ4v) is 3.11. The van der Waals surface area contributed by atoms with Crippen molar-refractivity contribution in [2.45, 2.75) is 0 Å². The molecule has 0 unspecified atom stereocenters. The molecule has 0 spiro atoms. The average Bonchev–Trinajstić information content (AvgIpc) is 3.09. The van der Waals surface area contributed by atoms with Crippen LogP contribution in [0.2, 0.25) is 0 Å². The number of benzene rings is 2. The Morgan fingerprint density at radius 2 is 1.88 bits per heavy atom. The van der Waals surface area contributed by atoms with Crippen molar-refractivity contribution in [2.75, 3.05) is 19.5 Å². The number of carboxylic acid groups (broad SMARTS) is 1. The summed E-state index contributed by atoms with van der Waals surface area (Å²) in [5.41, 5.74) is 2.02. The summed E-state index contributed by atoms with van der Waals surface area (Å²) in [6.45, 7) is 0. The Bertz CT molecular complexity index is 955. The maximum absolute atomic E-state index is 10.9. The zero-order chi connectivity index (χ0) is 18.7. The lowest BCUT2D eigenvalue weighted by molar-refractivity contribution is 0.0694. The number of phenols is 1. The lowest BCUT2D eigenvalue weighted by Gasteiger charge is -2.08. The van der Waals surface area contributed by atoms with Crippen molar-refractivity contribution in [1.82, 2.24) is 4.98 Å². The first-order valence-electron chi connectivity index (χ1n) is 7.53. The molecule has 26 heavy (non-hydrogen) atoms. The van der Waals surface area contributed by atoms with Crippen molar-refractivity contribution in [3.05, 3.63) is 47.3 Å². The highest BCUT2D eigenvalue weighted by Gasteiger charge is 2.12. The van der Waals surface area contributed by atoms with Crippen LogP contribution in [0.25, 0.3) is 11.3 Å². The van der Waals surface area contributed by atoms with E-state index in [2.05, 4.69) is 10.3 Å². The SMILES string of the molecule is COc1ccc(-c2csc(Nc3ccc(C(=O)O)c(O)c3)n2)cc1OC. The molecule has 7 nitrogen and oxygen atoms in total. The van der Waals surface area contributed by atoms with Crippen LogP contribution in [0.5, 0.6) is 17.2 Å². The van der Waals surface area contributed by atoms with Crippen molar-refractivity contribution in [2.24, 2.45) is 0 Å². The molecule has 3 aromatic rings. The summed E-state index contributed by atoms with van der Waals surface area (Å²) in [5.74, 6) is -0.237. The normalized spacial score (nSPS) is 10.4. The molecule has 0 saturated carbocycles. The number of carboxylic acids is 1. The monoisotopic (exact) mass is 372 g/mol. The molecule has 0 radical (unpaired) electrons. The largest absolute Gasteiger partial charge is 0.507 e. The van der Waals surface area contributed by atoms with Crippen LogP contribution in [0.15, 0.2) is 41.8 Å². The van der Waals surface area contributed by atoms with Crippen LogP contribution in [0, 0.1) is 0 Å². The van der Waals surface area contributed by atoms with Crippen molar-refractivity contribution in [1.29, 1.82) is 0 Å². The highest BCUT2D eigenvalue weighted by Crippen LogP contribution is 2.34. The van der Waals surface area contributed by atoms with Crippen molar-refractivity contribution >= 4 is 28.1 Å². The predicted molar refractivity (Wildman–Crippen MR) is 99.0 cm³/mol. The minimum absolute atomic E-state index is 0.152. The van der Waals surface area contributed by atoms with Gasteiger partial charge in [-0.3, -0.25) is 0 Å². The third-order valence-electron chi connectivity index (χ3n) is 3.66. The van der Waals surface area contributed by atoms with Gasteiger partial charge in [-0.1, -0.05) is 0 Å². The predicted octanol–water partition coefficient (Wildman–Crippen LogP) is 3.97. The molecule has 1 heterocycles. The zero-order valence-electron chi connectivity index (χ0n) is 14.0. The number of methoxy groups -OCH3 is 2. The fourth-order valence-electron chi connectivity index (χ4n) is 2.37. The van der Waals surface area contributed by atoms with Gasteiger partial charge < -0.3 is 25.0 Å². The van der Waals surface area contributed by atoms with Gasteiger partial charge in [-0.05, 0) is 30.3 Å². The van der Waals surface area contributed by atoms with Crippen molar-refractivity contribution in [3.63, 3.8) is 0 Å². The number of thiazole rings is 1. The van der Waals surface area contributed by atoms with Gasteiger partial charge in [-0.2, -0.15) is 0 Å². The summed E-state index contributed by atoms with van der Waals surface area (Å²) >= 11 is 1.39. The van der Waals surface area contributed by atoms with E-state index in [0.29, 0.717) is 22.3 Å². The summed E-state index contributed by atoms with van der Waals surface area (Å²) in [4.78, 5) is 15.4. The Hall–Kier alpha value is -3.26. The summed E-state index contributed by atoms with van der Waals surface area (Å²) in [7, 11) is 3.15. The second kappa shape index (κ2) is 7.32. The summed E-state index contributed by atoms with van der Waals surface area (Å²) in [6, 6.07) is 9.78. The number of aromatic hydroxyl groups is 1. The van der Waals surface area contributed by atoms with Gasteiger partial charge in [0.15, 0.2) is 16.6 Å². The van der Waals surface area contributed by atoms with Gasteiger partial charge in [0.2, 0.25) is 0 Å². The Kier molecular flexibility index (Phi) is 4.94. The van der Waals surface area contributed by atoms with E-state index in [9.17, 15) is 9.90 Å². The van der Waals surface area contributed by atoms with Gasteiger partial charge in [0.05, 0.1) is 19.9 Å². The molecular formula is C18H16N2O5S. The highest BCUT2D eigenvalue weighted by atomic mass is 32.1. The molecule has 1 aromatic heterocycles. The third-order valence-corrected chi connectivity index (χ3v) is 4.42. The fraction of sp³-hybridized carbons (Fsp3) is 0.111. The Labute approximate surface area is 153 Å². The van der Waals surface area contributed by atoms with E-state index >= 15 is 0 Å². The standard InChI is InChI=1S/C18H16N2O5S/c1-24-15-6-3-10(7-16(15)25-2)13-9-26-18(20-13)19-11-4-5-12(17(22)23)14(21)8-11/h3-9,21H,1-2H3,(H,19,20)(H,22,23). The quantitative estimate of drug-likeness (QED) is 0.602. The molecule has 0 atom stereocenters. The van der Waals surface area contributed by atoms with E-state index in [1.165, 1.54) is 23.5 Å². The molecule has 8 heteroatoms. The number of anilines is 2. The second-order valence-corrected chi connectivity index (χ2v) is 6.13. The molecule has 2 aromatic carbocycles. The number of aromatic nitrogens is 1. The van der Waals surface area contributed by atoms with Crippen molar-refractivity contribution in [3.8, 4) is 28.5 Å². The maximum Gasteiger partial charge on any atom is 0.339 e. The Balaban J connectivity index is 1.82. The molecule has 0 amide bonds. The first-order valence-corrected chi connectivity index (χ1v) is 8.41. The number of nitrogens with one attached hydrogen (secondary N) is 1. The third kappa shape index (κ3) is 3.55. The molecule has 0 aliphatic rings. The van der Waals surface area contributed by atoms with Crippen LogP contribution >= 0.6 is 11.3 Å². The van der Waals surface area contributed by atoms with E-state index in [1.54, 1.807) is 20.3 Å². The van der Waals surface area contributed by atoms with Gasteiger partial charge in [0.25, 0.3) is 0 Å². The topological polar surface area (TPSA) is 101 Å². The lowest BCUT2D eigenvalue weighted by Crippen LogP contribution is -1.97. The van der Waals surface area contributed by atoms with Crippen LogP contribution in [-0.2, 0) is 0 Å². The number of hydrogen-bond acceptors (Lipinski definition) is 7. The molecule has 3 rings (SSSR count). The average molecular weight is 372 g/mol. The number of nitrogens with zero attached hydrogens (tertiary/aromatic N) is 1. The molecule has 0 aliphatic heterocycles. The second-order valence-electron chi connectivity index (χ2n) is 5.27. The smallest absolute Gasteiger partial charge is 0.339 e. The first-order chi connectivity index (χ1) is 12.5. The maximum atomic E-state index is 10.9. The minimum atomic E-state index is -1.18. The zero-order valence-corrected chi connectivity index (χ0v) is 14.8. The molecular weight excluding hydrogens is 356 g/mol. The number of ether oxygens (including phenoxy) is 2. The van der Waals surface area contributed by atoms with E-state index in [4.69, 9.17) is 14.6 Å². The van der Waals surface area contributed by atoms with Gasteiger partial charge in [-0.25, -0.2) is 9.78 Å². The molecule has 0 fully saturated rings. The van der Waals surface area contributed by atoms with Crippen LogP contribution in [-0.4, -0.2) is 35.4 Å². The number of hydrogen-bond donors (Lipinski definition) is 3. The summed E-state index contributed by atoms with van der Waals surface area (Å²) < 4.78 is 10.5. The molecule has 0 bridgehead atoms. The van der Waals surface area contributed by atoms with E-state index < -0.39 is 5.97 Å². The highest BCUT2D eigenvalue weighted by molar-refractivity contribution is 7.14. The lowest BCUT2D eigenvalue weighted by atomic mass is 10.1. The molecule has 134 valence electrons. The van der Waals surface area contributed by atoms with Gasteiger partial charge in [0.1, 0.15) is 11.3 Å². The van der Waals surface area contributed by atoms with Gasteiger partial charge in [-0.15, -0.1) is 11.3 Å². The molecule has 3 N–H and O–H groups in total. The van der Waals surface area contributed by atoms with E-state index in [1.807, 2.05) is 23.6 Å².